The molecular weight excluding hydrogens is 344 g/mol. The van der Waals surface area contributed by atoms with Crippen molar-refractivity contribution < 1.29 is 19.1 Å². The van der Waals surface area contributed by atoms with E-state index in [1.807, 2.05) is 62.4 Å². The number of ether oxygens (including phenoxy) is 2. The number of nitrogens with one attached hydrogen (secondary N) is 1. The number of benzene rings is 2. The van der Waals surface area contributed by atoms with E-state index in [0.29, 0.717) is 36.9 Å². The standard InChI is InChI=1S/C21H26N2O4/c1-4-26-20-8-6-5-7-19(20)23(17(3)24)14-13-22-21(25)15-27-18-11-9-16(2)10-12-18/h5-12H,4,13-15H2,1-3H3,(H,22,25). The van der Waals surface area contributed by atoms with Crippen molar-refractivity contribution in [2.45, 2.75) is 20.8 Å². The van der Waals surface area contributed by atoms with Crippen LogP contribution in [0, 0.1) is 6.92 Å². The van der Waals surface area contributed by atoms with Crippen LogP contribution in [0.25, 0.3) is 0 Å². The molecule has 144 valence electrons. The lowest BCUT2D eigenvalue weighted by atomic mass is 10.2. The summed E-state index contributed by atoms with van der Waals surface area (Å²) in [7, 11) is 0. The largest absolute Gasteiger partial charge is 0.492 e. The van der Waals surface area contributed by atoms with Gasteiger partial charge in [0.2, 0.25) is 5.91 Å². The van der Waals surface area contributed by atoms with E-state index in [4.69, 9.17) is 9.47 Å². The van der Waals surface area contributed by atoms with Crippen molar-refractivity contribution in [3.8, 4) is 11.5 Å². The van der Waals surface area contributed by atoms with E-state index >= 15 is 0 Å². The number of aryl methyl sites for hydroxylation is 1. The number of carbonyl (C=O) groups excluding carboxylic acids is 2. The number of rotatable bonds is 9. The zero-order valence-corrected chi connectivity index (χ0v) is 16.0. The molecule has 2 aromatic rings. The maximum Gasteiger partial charge on any atom is 0.258 e. The van der Waals surface area contributed by atoms with Crippen LogP contribution in [0.15, 0.2) is 48.5 Å². The summed E-state index contributed by atoms with van der Waals surface area (Å²) >= 11 is 0. The van der Waals surface area contributed by atoms with E-state index in [9.17, 15) is 9.59 Å². The van der Waals surface area contributed by atoms with Crippen LogP contribution in [0.2, 0.25) is 0 Å². The van der Waals surface area contributed by atoms with Gasteiger partial charge in [-0.1, -0.05) is 29.8 Å². The van der Waals surface area contributed by atoms with Gasteiger partial charge in [-0.2, -0.15) is 0 Å². The fraction of sp³-hybridized carbons (Fsp3) is 0.333. The van der Waals surface area contributed by atoms with Crippen molar-refractivity contribution in [3.05, 3.63) is 54.1 Å². The third-order valence-corrected chi connectivity index (χ3v) is 3.88. The summed E-state index contributed by atoms with van der Waals surface area (Å²) in [6, 6.07) is 14.9. The smallest absolute Gasteiger partial charge is 0.258 e. The Kier molecular flexibility index (Phi) is 7.67. The van der Waals surface area contributed by atoms with Crippen molar-refractivity contribution >= 4 is 17.5 Å². The highest BCUT2D eigenvalue weighted by atomic mass is 16.5. The van der Waals surface area contributed by atoms with E-state index in [0.717, 1.165) is 5.56 Å². The van der Waals surface area contributed by atoms with Crippen LogP contribution in [0.1, 0.15) is 19.4 Å². The predicted octanol–water partition coefficient (Wildman–Crippen LogP) is 2.94. The second-order valence-electron chi connectivity index (χ2n) is 6.02. The average Bonchev–Trinajstić information content (AvgIpc) is 2.65. The van der Waals surface area contributed by atoms with Crippen molar-refractivity contribution in [1.82, 2.24) is 5.32 Å². The summed E-state index contributed by atoms with van der Waals surface area (Å²) < 4.78 is 11.0. The first-order chi connectivity index (χ1) is 13.0. The van der Waals surface area contributed by atoms with Crippen LogP contribution in [0.4, 0.5) is 5.69 Å². The molecule has 0 saturated heterocycles. The Morgan fingerprint density at radius 3 is 2.41 bits per heavy atom. The molecule has 0 unspecified atom stereocenters. The van der Waals surface area contributed by atoms with Crippen LogP contribution < -0.4 is 19.7 Å². The summed E-state index contributed by atoms with van der Waals surface area (Å²) in [5.74, 6) is 0.931. The molecule has 27 heavy (non-hydrogen) atoms. The molecule has 0 aliphatic rings. The van der Waals surface area contributed by atoms with Gasteiger partial charge in [0.1, 0.15) is 11.5 Å². The average molecular weight is 370 g/mol. The molecular formula is C21H26N2O4. The monoisotopic (exact) mass is 370 g/mol. The number of amides is 2. The number of anilines is 1. The molecule has 0 aliphatic carbocycles. The van der Waals surface area contributed by atoms with E-state index in [1.54, 1.807) is 4.90 Å². The van der Waals surface area contributed by atoms with Gasteiger partial charge in [0, 0.05) is 20.0 Å². The molecule has 0 spiro atoms. The normalized spacial score (nSPS) is 10.2. The molecule has 0 aromatic heterocycles. The van der Waals surface area contributed by atoms with Gasteiger partial charge in [-0.25, -0.2) is 0 Å². The Bertz CT molecular complexity index is 759. The lowest BCUT2D eigenvalue weighted by Crippen LogP contribution is -2.39. The van der Waals surface area contributed by atoms with E-state index < -0.39 is 0 Å². The fourth-order valence-electron chi connectivity index (χ4n) is 2.55. The SMILES string of the molecule is CCOc1ccccc1N(CCNC(=O)COc1ccc(C)cc1)C(C)=O. The van der Waals surface area contributed by atoms with Gasteiger partial charge in [-0.15, -0.1) is 0 Å². The second kappa shape index (κ2) is 10.2. The van der Waals surface area contributed by atoms with Crippen LogP contribution in [-0.4, -0.2) is 38.1 Å². The maximum atomic E-state index is 12.0. The van der Waals surface area contributed by atoms with Crippen molar-refractivity contribution in [3.63, 3.8) is 0 Å². The minimum Gasteiger partial charge on any atom is -0.492 e. The lowest BCUT2D eigenvalue weighted by molar-refractivity contribution is -0.123. The Hall–Kier alpha value is -3.02. The molecule has 2 rings (SSSR count). The molecule has 0 saturated carbocycles. The van der Waals surface area contributed by atoms with E-state index in [2.05, 4.69) is 5.32 Å². The molecule has 1 N–H and O–H groups in total. The zero-order valence-electron chi connectivity index (χ0n) is 16.0. The topological polar surface area (TPSA) is 67.9 Å². The summed E-state index contributed by atoms with van der Waals surface area (Å²) in [5.41, 5.74) is 1.82. The molecule has 0 heterocycles. The number of hydrogen-bond acceptors (Lipinski definition) is 4. The quantitative estimate of drug-likeness (QED) is 0.737. The first-order valence-corrected chi connectivity index (χ1v) is 8.97. The minimum absolute atomic E-state index is 0.0708. The molecule has 0 fully saturated rings. The molecule has 0 bridgehead atoms. The molecule has 2 aromatic carbocycles. The third kappa shape index (κ3) is 6.33. The van der Waals surface area contributed by atoms with E-state index in [-0.39, 0.29) is 18.4 Å². The lowest BCUT2D eigenvalue weighted by Gasteiger charge is -2.23. The highest BCUT2D eigenvalue weighted by Gasteiger charge is 2.16. The summed E-state index contributed by atoms with van der Waals surface area (Å²) in [6.45, 7) is 6.47. The van der Waals surface area contributed by atoms with Gasteiger partial charge in [0.05, 0.1) is 12.3 Å². The highest BCUT2D eigenvalue weighted by molar-refractivity contribution is 5.93. The Morgan fingerprint density at radius 2 is 1.74 bits per heavy atom. The Balaban J connectivity index is 1.86. The third-order valence-electron chi connectivity index (χ3n) is 3.88. The van der Waals surface area contributed by atoms with Gasteiger partial charge in [0.15, 0.2) is 6.61 Å². The summed E-state index contributed by atoms with van der Waals surface area (Å²) in [6.07, 6.45) is 0. The fourth-order valence-corrected chi connectivity index (χ4v) is 2.55. The Morgan fingerprint density at radius 1 is 1.04 bits per heavy atom. The van der Waals surface area contributed by atoms with Crippen LogP contribution in [0.3, 0.4) is 0 Å². The van der Waals surface area contributed by atoms with Crippen molar-refractivity contribution in [2.75, 3.05) is 31.2 Å². The zero-order chi connectivity index (χ0) is 19.6. The van der Waals surface area contributed by atoms with Crippen LogP contribution in [-0.2, 0) is 9.59 Å². The van der Waals surface area contributed by atoms with Gasteiger partial charge in [0.25, 0.3) is 5.91 Å². The summed E-state index contributed by atoms with van der Waals surface area (Å²) in [4.78, 5) is 25.6. The number of para-hydroxylation sites is 2. The van der Waals surface area contributed by atoms with E-state index in [1.165, 1.54) is 6.92 Å². The van der Waals surface area contributed by atoms with Crippen molar-refractivity contribution in [2.24, 2.45) is 0 Å². The molecule has 0 radical (unpaired) electrons. The minimum atomic E-state index is -0.239. The number of nitrogens with zero attached hydrogens (tertiary/aromatic N) is 1. The van der Waals surface area contributed by atoms with Gasteiger partial charge in [-0.3, -0.25) is 9.59 Å². The molecule has 6 heteroatoms. The number of carbonyl (C=O) groups is 2. The summed E-state index contributed by atoms with van der Waals surface area (Å²) in [5, 5.41) is 2.77. The highest BCUT2D eigenvalue weighted by Crippen LogP contribution is 2.27. The molecule has 6 nitrogen and oxygen atoms in total. The molecule has 0 aliphatic heterocycles. The molecule has 0 atom stereocenters. The van der Waals surface area contributed by atoms with Crippen LogP contribution >= 0.6 is 0 Å². The molecule has 2 amide bonds. The number of hydrogen-bond donors (Lipinski definition) is 1. The maximum absolute atomic E-state index is 12.0. The second-order valence-corrected chi connectivity index (χ2v) is 6.02. The van der Waals surface area contributed by atoms with Crippen LogP contribution in [0.5, 0.6) is 11.5 Å². The van der Waals surface area contributed by atoms with Crippen molar-refractivity contribution in [1.29, 1.82) is 0 Å². The van der Waals surface area contributed by atoms with Gasteiger partial charge in [-0.05, 0) is 38.1 Å². The first-order valence-electron chi connectivity index (χ1n) is 8.97. The Labute approximate surface area is 160 Å². The first kappa shape index (κ1) is 20.3. The predicted molar refractivity (Wildman–Crippen MR) is 105 cm³/mol. The van der Waals surface area contributed by atoms with Gasteiger partial charge >= 0.3 is 0 Å². The van der Waals surface area contributed by atoms with Gasteiger partial charge < -0.3 is 19.7 Å².